The Labute approximate surface area is 367 Å². The summed E-state index contributed by atoms with van der Waals surface area (Å²) < 4.78 is 13.9. The van der Waals surface area contributed by atoms with E-state index in [1.165, 1.54) is 33.4 Å². The highest BCUT2D eigenvalue weighted by Gasteiger charge is 2.48. The molecule has 12 rings (SSSR count). The Hall–Kier alpha value is -8.27. The van der Waals surface area contributed by atoms with Crippen LogP contribution in [0.1, 0.15) is 22.3 Å². The maximum atomic E-state index is 7.12. The van der Waals surface area contributed by atoms with Gasteiger partial charge in [0, 0.05) is 16.7 Å². The molecule has 10 aromatic rings. The molecule has 0 saturated carbocycles. The van der Waals surface area contributed by atoms with Gasteiger partial charge in [-0.05, 0) is 91.5 Å². The number of aromatic nitrogens is 1. The second-order valence-electron chi connectivity index (χ2n) is 16.2. The first-order valence-electron chi connectivity index (χ1n) is 21.4. The van der Waals surface area contributed by atoms with Crippen molar-refractivity contribution in [3.63, 3.8) is 0 Å². The van der Waals surface area contributed by atoms with E-state index in [1.54, 1.807) is 0 Å². The summed E-state index contributed by atoms with van der Waals surface area (Å²) in [6, 6.07) is 83.6. The summed E-state index contributed by atoms with van der Waals surface area (Å²) in [5, 5.41) is 0. The van der Waals surface area contributed by atoms with Crippen LogP contribution in [0, 0.1) is 0 Å². The quantitative estimate of drug-likeness (QED) is 0.161. The molecular formula is C60H39NO2. The summed E-state index contributed by atoms with van der Waals surface area (Å²) in [7, 11) is 0. The number of benzene rings is 9. The summed E-state index contributed by atoms with van der Waals surface area (Å²) >= 11 is 0. The predicted octanol–water partition coefficient (Wildman–Crippen LogP) is 15.7. The lowest BCUT2D eigenvalue weighted by atomic mass is 9.68. The first-order chi connectivity index (χ1) is 31.2. The third-order valence-electron chi connectivity index (χ3n) is 12.6. The van der Waals surface area contributed by atoms with Crippen LogP contribution in [-0.4, -0.2) is 4.98 Å². The van der Waals surface area contributed by atoms with Crippen LogP contribution in [-0.2, 0) is 5.41 Å². The van der Waals surface area contributed by atoms with Gasteiger partial charge in [-0.2, -0.15) is 0 Å². The minimum absolute atomic E-state index is 0.546. The zero-order valence-electron chi connectivity index (χ0n) is 34.3. The Morgan fingerprint density at radius 2 is 0.810 bits per heavy atom. The number of hydrogen-bond acceptors (Lipinski definition) is 3. The maximum Gasteiger partial charge on any atom is 0.178 e. The Morgan fingerprint density at radius 1 is 0.302 bits per heavy atom. The molecule has 9 aromatic carbocycles. The van der Waals surface area contributed by atoms with Crippen molar-refractivity contribution >= 4 is 0 Å². The maximum absolute atomic E-state index is 7.12. The molecule has 2 heterocycles. The van der Waals surface area contributed by atoms with Gasteiger partial charge in [-0.3, -0.25) is 0 Å². The molecule has 1 aliphatic carbocycles. The largest absolute Gasteiger partial charge is 0.449 e. The van der Waals surface area contributed by atoms with Gasteiger partial charge >= 0.3 is 0 Å². The summed E-state index contributed by atoms with van der Waals surface area (Å²) in [5.41, 5.74) is 17.0. The topological polar surface area (TPSA) is 31.4 Å². The Balaban J connectivity index is 0.993. The van der Waals surface area contributed by atoms with Gasteiger partial charge in [0.15, 0.2) is 23.0 Å². The molecule has 0 spiro atoms. The van der Waals surface area contributed by atoms with Gasteiger partial charge in [0.25, 0.3) is 0 Å². The van der Waals surface area contributed by atoms with Crippen molar-refractivity contribution in [3.8, 4) is 90.0 Å². The second kappa shape index (κ2) is 15.0. The molecule has 0 bridgehead atoms. The van der Waals surface area contributed by atoms with Crippen molar-refractivity contribution in [1.29, 1.82) is 0 Å². The Kier molecular flexibility index (Phi) is 8.72. The van der Waals surface area contributed by atoms with Crippen molar-refractivity contribution in [1.82, 2.24) is 4.98 Å². The minimum atomic E-state index is -0.546. The molecule has 1 aromatic heterocycles. The molecule has 0 N–H and O–H groups in total. The van der Waals surface area contributed by atoms with Crippen molar-refractivity contribution in [2.24, 2.45) is 0 Å². The summed E-state index contributed by atoms with van der Waals surface area (Å²) in [6.07, 6.45) is 0. The van der Waals surface area contributed by atoms with E-state index in [0.717, 1.165) is 61.6 Å². The summed E-state index contributed by atoms with van der Waals surface area (Å²) in [4.78, 5) is 5.37. The van der Waals surface area contributed by atoms with E-state index < -0.39 is 5.41 Å². The second-order valence-corrected chi connectivity index (χ2v) is 16.2. The standard InChI is InChI=1S/C60H39NO2/c1-5-19-40(20-6-1)46-27-13-14-29-48(46)43-37-53(41-21-7-2-8-22-41)61-54(38-43)49-30-16-15-28-47(49)42-33-35-55-57(39-42)63-59-56(62-55)36-34-52-58(59)50-31-17-18-32-51(50)60(52,44-23-9-3-10-24-44)45-25-11-4-12-26-45/h1-39H. The zero-order valence-corrected chi connectivity index (χ0v) is 34.3. The van der Waals surface area contributed by atoms with Crippen molar-refractivity contribution in [2.45, 2.75) is 5.41 Å². The minimum Gasteiger partial charge on any atom is -0.449 e. The molecule has 0 fully saturated rings. The molecule has 1 aliphatic heterocycles. The van der Waals surface area contributed by atoms with Crippen LogP contribution in [0.25, 0.3) is 67.0 Å². The Bertz CT molecular complexity index is 3290. The number of hydrogen-bond donors (Lipinski definition) is 0. The lowest BCUT2D eigenvalue weighted by Crippen LogP contribution is -2.28. The molecule has 3 nitrogen and oxygen atoms in total. The van der Waals surface area contributed by atoms with Gasteiger partial charge in [0.05, 0.1) is 16.8 Å². The third-order valence-corrected chi connectivity index (χ3v) is 12.6. The number of ether oxygens (including phenoxy) is 2. The molecule has 0 radical (unpaired) electrons. The summed E-state index contributed by atoms with van der Waals surface area (Å²) in [5.74, 6) is 2.77. The SMILES string of the molecule is c1ccc(-c2cc(-c3ccccc3-c3ccccc3)cc(-c3ccccc3-c3ccc4c(c3)Oc3c(ccc5c3-c3ccccc3C5(c3ccccc3)c3ccccc3)O4)n2)cc1. The van der Waals surface area contributed by atoms with E-state index >= 15 is 0 Å². The van der Waals surface area contributed by atoms with Gasteiger partial charge in [0.2, 0.25) is 0 Å². The number of fused-ring (bicyclic) bond motifs is 6. The van der Waals surface area contributed by atoms with Gasteiger partial charge in [-0.25, -0.2) is 4.98 Å². The lowest BCUT2D eigenvalue weighted by molar-refractivity contribution is 0.360. The molecule has 0 amide bonds. The highest BCUT2D eigenvalue weighted by atomic mass is 16.6. The number of rotatable bonds is 7. The van der Waals surface area contributed by atoms with Crippen molar-refractivity contribution in [2.75, 3.05) is 0 Å². The van der Waals surface area contributed by atoms with Gasteiger partial charge in [-0.1, -0.05) is 206 Å². The molecule has 0 unspecified atom stereocenters. The van der Waals surface area contributed by atoms with Crippen LogP contribution in [0.3, 0.4) is 0 Å². The molecular weight excluding hydrogens is 767 g/mol. The highest BCUT2D eigenvalue weighted by molar-refractivity contribution is 5.93. The van der Waals surface area contributed by atoms with E-state index in [2.05, 4.69) is 224 Å². The van der Waals surface area contributed by atoms with Gasteiger partial charge in [-0.15, -0.1) is 0 Å². The van der Waals surface area contributed by atoms with E-state index in [9.17, 15) is 0 Å². The van der Waals surface area contributed by atoms with E-state index in [4.69, 9.17) is 14.5 Å². The zero-order chi connectivity index (χ0) is 41.7. The average Bonchev–Trinajstić information content (AvgIpc) is 3.68. The van der Waals surface area contributed by atoms with Crippen molar-refractivity contribution in [3.05, 3.63) is 259 Å². The lowest BCUT2D eigenvalue weighted by Gasteiger charge is -2.34. The first kappa shape index (κ1) is 36.6. The normalized spacial score (nSPS) is 12.8. The molecule has 63 heavy (non-hydrogen) atoms. The third kappa shape index (κ3) is 6.01. The number of pyridine rings is 1. The molecule has 0 saturated heterocycles. The smallest absolute Gasteiger partial charge is 0.178 e. The van der Waals surface area contributed by atoms with Crippen LogP contribution >= 0.6 is 0 Å². The summed E-state index contributed by atoms with van der Waals surface area (Å²) in [6.45, 7) is 0. The van der Waals surface area contributed by atoms with E-state index in [-0.39, 0.29) is 0 Å². The molecule has 3 heteroatoms. The van der Waals surface area contributed by atoms with Crippen LogP contribution in [0.4, 0.5) is 0 Å². The molecule has 296 valence electrons. The van der Waals surface area contributed by atoms with Gasteiger partial charge in [0.1, 0.15) is 0 Å². The Morgan fingerprint density at radius 3 is 1.48 bits per heavy atom. The monoisotopic (exact) mass is 805 g/mol. The van der Waals surface area contributed by atoms with Gasteiger partial charge < -0.3 is 9.47 Å². The first-order valence-corrected chi connectivity index (χ1v) is 21.4. The number of nitrogens with zero attached hydrogens (tertiary/aromatic N) is 1. The fourth-order valence-electron chi connectivity index (χ4n) is 9.87. The highest BCUT2D eigenvalue weighted by Crippen LogP contribution is 2.62. The fourth-order valence-corrected chi connectivity index (χ4v) is 9.87. The van der Waals surface area contributed by atoms with Crippen LogP contribution in [0.15, 0.2) is 237 Å². The average molecular weight is 806 g/mol. The van der Waals surface area contributed by atoms with Crippen LogP contribution in [0.5, 0.6) is 23.0 Å². The van der Waals surface area contributed by atoms with Crippen LogP contribution in [0.2, 0.25) is 0 Å². The fraction of sp³-hybridized carbons (Fsp3) is 0.0167. The van der Waals surface area contributed by atoms with Crippen molar-refractivity contribution < 1.29 is 9.47 Å². The molecule has 2 aliphatic rings. The van der Waals surface area contributed by atoms with E-state index in [1.807, 2.05) is 12.1 Å². The van der Waals surface area contributed by atoms with Crippen LogP contribution < -0.4 is 9.47 Å². The molecule has 0 atom stereocenters. The van der Waals surface area contributed by atoms with E-state index in [0.29, 0.717) is 17.2 Å². The predicted molar refractivity (Wildman–Crippen MR) is 255 cm³/mol.